The summed E-state index contributed by atoms with van der Waals surface area (Å²) in [4.78, 5) is 4.64. The van der Waals surface area contributed by atoms with Gasteiger partial charge in [-0.3, -0.25) is 4.99 Å². The predicted molar refractivity (Wildman–Crippen MR) is 113 cm³/mol. The fraction of sp³-hybridized carbons (Fsp3) is 0. The molecule has 0 unspecified atom stereocenters. The van der Waals surface area contributed by atoms with Crippen molar-refractivity contribution in [2.45, 2.75) is 0 Å². The van der Waals surface area contributed by atoms with Gasteiger partial charge in [-0.2, -0.15) is 0 Å². The molecule has 1 aromatic heterocycles. The number of para-hydroxylation sites is 1. The molecule has 126 valence electrons. The fourth-order valence-electron chi connectivity index (χ4n) is 2.86. The molecule has 1 heterocycles. The average molecular weight is 354 g/mol. The number of rotatable bonds is 5. The van der Waals surface area contributed by atoms with E-state index in [0.717, 1.165) is 11.4 Å². The van der Waals surface area contributed by atoms with E-state index in [1.165, 1.54) is 10.6 Å². The molecule has 4 aromatic rings. The van der Waals surface area contributed by atoms with E-state index in [2.05, 4.69) is 88.3 Å². The van der Waals surface area contributed by atoms with E-state index in [1.807, 2.05) is 36.5 Å². The van der Waals surface area contributed by atoms with E-state index >= 15 is 0 Å². The molecule has 3 heteroatoms. The van der Waals surface area contributed by atoms with Crippen molar-refractivity contribution in [3.8, 4) is 0 Å². The van der Waals surface area contributed by atoms with E-state index < -0.39 is 8.07 Å². The minimum absolute atomic E-state index is 0.685. The maximum absolute atomic E-state index is 4.64. The van der Waals surface area contributed by atoms with Gasteiger partial charge in [0.1, 0.15) is 0 Å². The van der Waals surface area contributed by atoms with Crippen LogP contribution in [0.5, 0.6) is 0 Å². The van der Waals surface area contributed by atoms with Gasteiger partial charge in [0.05, 0.1) is 25.7 Å². The highest BCUT2D eigenvalue weighted by Gasteiger charge is 2.17. The minimum Gasteiger partial charge on any atom is -0.317 e. The van der Waals surface area contributed by atoms with Gasteiger partial charge in [-0.15, -0.1) is 0 Å². The Balaban J connectivity index is 1.76. The molecule has 0 saturated heterocycles. The van der Waals surface area contributed by atoms with E-state index in [4.69, 9.17) is 0 Å². The first-order chi connectivity index (χ1) is 12.9. The van der Waals surface area contributed by atoms with Crippen molar-refractivity contribution in [2.24, 2.45) is 4.99 Å². The van der Waals surface area contributed by atoms with Crippen LogP contribution in [0.15, 0.2) is 114 Å². The molecule has 0 aliphatic rings. The Bertz CT molecular complexity index is 937. The summed E-state index contributed by atoms with van der Waals surface area (Å²) in [7, 11) is -0.685. The molecule has 3 aromatic carbocycles. The zero-order valence-corrected chi connectivity index (χ0v) is 15.2. The second-order valence-electron chi connectivity index (χ2n) is 5.85. The first kappa shape index (κ1) is 16.5. The van der Waals surface area contributed by atoms with Crippen molar-refractivity contribution >= 4 is 30.6 Å². The Morgan fingerprint density at radius 3 is 1.73 bits per heavy atom. The van der Waals surface area contributed by atoms with Crippen LogP contribution in [-0.4, -0.2) is 10.6 Å². The third-order valence-corrected chi connectivity index (χ3v) is 6.45. The highest BCUT2D eigenvalue weighted by atomic mass is 31.1. The molecule has 4 rings (SSSR count). The van der Waals surface area contributed by atoms with Crippen LogP contribution in [0.3, 0.4) is 0 Å². The number of aliphatic imine (C=N–C) groups is 1. The van der Waals surface area contributed by atoms with Crippen LogP contribution < -0.4 is 10.6 Å². The molecule has 0 fully saturated rings. The lowest BCUT2D eigenvalue weighted by Crippen LogP contribution is -2.17. The lowest BCUT2D eigenvalue weighted by Gasteiger charge is -2.21. The molecule has 0 aliphatic carbocycles. The van der Waals surface area contributed by atoms with Crippen LogP contribution >= 0.6 is 8.07 Å². The van der Waals surface area contributed by atoms with Crippen LogP contribution in [-0.2, 0) is 0 Å². The van der Waals surface area contributed by atoms with Crippen LogP contribution in [0.4, 0.5) is 5.69 Å². The van der Waals surface area contributed by atoms with Gasteiger partial charge < -0.3 is 4.34 Å². The van der Waals surface area contributed by atoms with Gasteiger partial charge in [0.25, 0.3) is 0 Å². The zero-order chi connectivity index (χ0) is 17.6. The van der Waals surface area contributed by atoms with Gasteiger partial charge in [0, 0.05) is 16.8 Å². The number of hydrogen-bond donors (Lipinski definition) is 0. The quantitative estimate of drug-likeness (QED) is 0.349. The maximum Gasteiger partial charge on any atom is 0.0631 e. The Morgan fingerprint density at radius 2 is 1.15 bits per heavy atom. The molecule has 0 amide bonds. The van der Waals surface area contributed by atoms with Gasteiger partial charge >= 0.3 is 0 Å². The van der Waals surface area contributed by atoms with Crippen molar-refractivity contribution in [3.05, 3.63) is 115 Å². The van der Waals surface area contributed by atoms with Gasteiger partial charge in [0.15, 0.2) is 0 Å². The van der Waals surface area contributed by atoms with E-state index in [1.54, 1.807) is 0 Å². The summed E-state index contributed by atoms with van der Waals surface area (Å²) in [5.74, 6) is 0. The summed E-state index contributed by atoms with van der Waals surface area (Å²) in [6.45, 7) is 0. The number of hydrogen-bond acceptors (Lipinski definition) is 1. The second-order valence-corrected chi connectivity index (χ2v) is 7.94. The monoisotopic (exact) mass is 354 g/mol. The number of benzene rings is 3. The summed E-state index contributed by atoms with van der Waals surface area (Å²) in [5, 5.41) is 2.64. The summed E-state index contributed by atoms with van der Waals surface area (Å²) in [5.41, 5.74) is 2.07. The fourth-order valence-corrected chi connectivity index (χ4v) is 5.13. The number of aromatic nitrogens is 1. The Kier molecular flexibility index (Phi) is 5.04. The van der Waals surface area contributed by atoms with Gasteiger partial charge in [-0.1, -0.05) is 78.9 Å². The van der Waals surface area contributed by atoms with Crippen LogP contribution in [0, 0.1) is 0 Å². The molecule has 0 spiro atoms. The highest BCUT2D eigenvalue weighted by molar-refractivity contribution is 7.71. The highest BCUT2D eigenvalue weighted by Crippen LogP contribution is 2.36. The van der Waals surface area contributed by atoms with Gasteiger partial charge in [0.2, 0.25) is 0 Å². The molecule has 0 N–H and O–H groups in total. The molecule has 0 radical (unpaired) electrons. The molecule has 26 heavy (non-hydrogen) atoms. The van der Waals surface area contributed by atoms with Crippen molar-refractivity contribution in [1.82, 2.24) is 4.34 Å². The molecular weight excluding hydrogens is 335 g/mol. The predicted octanol–water partition coefficient (Wildman–Crippen LogP) is 5.13. The molecule has 0 saturated carbocycles. The summed E-state index contributed by atoms with van der Waals surface area (Å²) in [6.07, 6.45) is 4.11. The van der Waals surface area contributed by atoms with E-state index in [-0.39, 0.29) is 0 Å². The Morgan fingerprint density at radius 1 is 0.615 bits per heavy atom. The lowest BCUT2D eigenvalue weighted by molar-refractivity contribution is 1.24. The number of nitrogens with zero attached hydrogens (tertiary/aromatic N) is 2. The average Bonchev–Trinajstić information content (AvgIpc) is 3.17. The maximum atomic E-state index is 4.64. The first-order valence-corrected chi connectivity index (χ1v) is 9.88. The lowest BCUT2D eigenvalue weighted by atomic mass is 10.3. The normalized spacial score (nSPS) is 11.3. The summed E-state index contributed by atoms with van der Waals surface area (Å²) >= 11 is 0. The molecule has 0 bridgehead atoms. The van der Waals surface area contributed by atoms with Crippen molar-refractivity contribution in [2.75, 3.05) is 0 Å². The second kappa shape index (κ2) is 7.95. The van der Waals surface area contributed by atoms with Crippen molar-refractivity contribution < 1.29 is 0 Å². The topological polar surface area (TPSA) is 17.3 Å². The van der Waals surface area contributed by atoms with Crippen LogP contribution in [0.25, 0.3) is 0 Å². The zero-order valence-electron chi connectivity index (χ0n) is 14.3. The smallest absolute Gasteiger partial charge is 0.0631 e. The third-order valence-electron chi connectivity index (χ3n) is 4.08. The van der Waals surface area contributed by atoms with E-state index in [9.17, 15) is 0 Å². The van der Waals surface area contributed by atoms with Crippen LogP contribution in [0.1, 0.15) is 5.69 Å². The molecular formula is C23H19N2P. The standard InChI is InChI=1S/C23H19N2P/c1-4-11-20(12-5-1)24-19-21-13-10-18-25(21)26(22-14-6-2-7-15-22)23-16-8-3-9-17-23/h1-19H. The molecule has 0 atom stereocenters. The van der Waals surface area contributed by atoms with Crippen LogP contribution in [0.2, 0.25) is 0 Å². The van der Waals surface area contributed by atoms with Gasteiger partial charge in [-0.05, 0) is 24.3 Å². The van der Waals surface area contributed by atoms with Crippen molar-refractivity contribution in [1.29, 1.82) is 0 Å². The first-order valence-electron chi connectivity index (χ1n) is 8.59. The van der Waals surface area contributed by atoms with E-state index in [0.29, 0.717) is 0 Å². The summed E-state index contributed by atoms with van der Waals surface area (Å²) < 4.78 is 2.34. The Labute approximate surface area is 155 Å². The molecule has 0 aliphatic heterocycles. The van der Waals surface area contributed by atoms with Gasteiger partial charge in [-0.25, -0.2) is 0 Å². The SMILES string of the molecule is C(=Nc1ccccc1)c1cccn1P(c1ccccc1)c1ccccc1. The summed E-state index contributed by atoms with van der Waals surface area (Å²) in [6, 6.07) is 35.6. The third kappa shape index (κ3) is 3.66. The Hall–Kier alpha value is -2.96. The largest absolute Gasteiger partial charge is 0.317 e. The molecule has 2 nitrogen and oxygen atoms in total. The van der Waals surface area contributed by atoms with Crippen molar-refractivity contribution in [3.63, 3.8) is 0 Å². The minimum atomic E-state index is -0.685.